The standard InChI is InChI=1S/C23H20ClN5O2S2/c24-21-18(14-25-29(23(21)31)17-5-2-1-3-6-17)27-8-10-28(11-9-27)20(30)13-16-15-33-22(26-16)19-7-4-12-32-19/h1-7,12,14-15H,8-11,13H2. The van der Waals surface area contributed by atoms with Gasteiger partial charge in [0.05, 0.1) is 34.6 Å². The third kappa shape index (κ3) is 4.57. The molecule has 0 saturated carbocycles. The minimum Gasteiger partial charge on any atom is -0.365 e. The van der Waals surface area contributed by atoms with Crippen molar-refractivity contribution in [2.75, 3.05) is 31.1 Å². The number of piperazine rings is 1. The summed E-state index contributed by atoms with van der Waals surface area (Å²) in [5.41, 5.74) is 1.70. The average molecular weight is 498 g/mol. The lowest BCUT2D eigenvalue weighted by Gasteiger charge is -2.36. The minimum atomic E-state index is -0.357. The van der Waals surface area contributed by atoms with Crippen LogP contribution in [0.5, 0.6) is 0 Å². The van der Waals surface area contributed by atoms with Crippen LogP contribution in [-0.2, 0) is 11.2 Å². The van der Waals surface area contributed by atoms with Gasteiger partial charge in [0, 0.05) is 31.6 Å². The second-order valence-corrected chi connectivity index (χ2v) is 9.75. The Labute approximate surface area is 203 Å². The monoisotopic (exact) mass is 497 g/mol. The van der Waals surface area contributed by atoms with Crippen molar-refractivity contribution >= 4 is 45.9 Å². The van der Waals surface area contributed by atoms with Gasteiger partial charge >= 0.3 is 0 Å². The van der Waals surface area contributed by atoms with Crippen molar-refractivity contribution in [3.63, 3.8) is 0 Å². The van der Waals surface area contributed by atoms with Crippen LogP contribution in [0.1, 0.15) is 5.69 Å². The fourth-order valence-corrected chi connectivity index (χ4v) is 5.64. The Morgan fingerprint density at radius 2 is 1.82 bits per heavy atom. The first-order chi connectivity index (χ1) is 16.1. The molecule has 0 atom stereocenters. The lowest BCUT2D eigenvalue weighted by atomic mass is 10.2. The van der Waals surface area contributed by atoms with Gasteiger partial charge in [-0.1, -0.05) is 35.9 Å². The summed E-state index contributed by atoms with van der Waals surface area (Å²) in [7, 11) is 0. The van der Waals surface area contributed by atoms with Crippen LogP contribution in [0.3, 0.4) is 0 Å². The van der Waals surface area contributed by atoms with Crippen molar-refractivity contribution in [3.05, 3.63) is 80.5 Å². The first-order valence-electron chi connectivity index (χ1n) is 10.4. The summed E-state index contributed by atoms with van der Waals surface area (Å²) < 4.78 is 1.30. The molecule has 10 heteroatoms. The van der Waals surface area contributed by atoms with Crippen LogP contribution in [0.4, 0.5) is 5.69 Å². The molecule has 168 valence electrons. The number of hydrogen-bond donors (Lipinski definition) is 0. The maximum Gasteiger partial charge on any atom is 0.292 e. The predicted octanol–water partition coefficient (Wildman–Crippen LogP) is 3.96. The molecule has 1 amide bonds. The van der Waals surface area contributed by atoms with Gasteiger partial charge in [0.25, 0.3) is 5.56 Å². The van der Waals surface area contributed by atoms with Gasteiger partial charge in [-0.15, -0.1) is 22.7 Å². The number of benzene rings is 1. The Hall–Kier alpha value is -3.01. The van der Waals surface area contributed by atoms with E-state index in [2.05, 4.69) is 10.1 Å². The van der Waals surface area contributed by atoms with Gasteiger partial charge < -0.3 is 9.80 Å². The minimum absolute atomic E-state index is 0.0568. The van der Waals surface area contributed by atoms with Crippen LogP contribution in [0.15, 0.2) is 64.2 Å². The molecule has 3 aromatic heterocycles. The van der Waals surface area contributed by atoms with Crippen LogP contribution in [0.25, 0.3) is 15.6 Å². The summed E-state index contributed by atoms with van der Waals surface area (Å²) in [5, 5.41) is 9.37. The number of nitrogens with zero attached hydrogens (tertiary/aromatic N) is 5. The number of carbonyl (C=O) groups is 1. The maximum absolute atomic E-state index is 12.8. The van der Waals surface area contributed by atoms with Gasteiger partial charge in [0.2, 0.25) is 5.91 Å². The second-order valence-electron chi connectivity index (χ2n) is 7.56. The van der Waals surface area contributed by atoms with E-state index >= 15 is 0 Å². The highest BCUT2D eigenvalue weighted by molar-refractivity contribution is 7.20. The molecule has 0 unspecified atom stereocenters. The van der Waals surface area contributed by atoms with Crippen LogP contribution < -0.4 is 10.5 Å². The number of carbonyl (C=O) groups excluding carboxylic acids is 1. The van der Waals surface area contributed by atoms with E-state index in [0.717, 1.165) is 15.6 Å². The van der Waals surface area contributed by atoms with E-state index in [1.165, 1.54) is 4.68 Å². The molecule has 5 rings (SSSR count). The number of thiazole rings is 1. The van der Waals surface area contributed by atoms with Gasteiger partial charge in [0.15, 0.2) is 0 Å². The highest BCUT2D eigenvalue weighted by atomic mass is 35.5. The molecular weight excluding hydrogens is 478 g/mol. The van der Waals surface area contributed by atoms with Crippen molar-refractivity contribution in [1.29, 1.82) is 0 Å². The summed E-state index contributed by atoms with van der Waals surface area (Å²) >= 11 is 9.64. The van der Waals surface area contributed by atoms with E-state index in [1.54, 1.807) is 41.0 Å². The Morgan fingerprint density at radius 3 is 2.55 bits per heavy atom. The van der Waals surface area contributed by atoms with E-state index in [4.69, 9.17) is 11.6 Å². The van der Waals surface area contributed by atoms with Gasteiger partial charge in [-0.3, -0.25) is 9.59 Å². The fraction of sp³-hybridized carbons (Fsp3) is 0.217. The van der Waals surface area contributed by atoms with Crippen LogP contribution in [-0.4, -0.2) is 51.8 Å². The molecule has 1 aromatic carbocycles. The molecule has 0 aliphatic carbocycles. The number of amides is 1. The molecule has 1 aliphatic rings. The molecule has 0 spiro atoms. The zero-order valence-corrected chi connectivity index (χ0v) is 19.9. The Balaban J connectivity index is 1.22. The molecule has 33 heavy (non-hydrogen) atoms. The van der Waals surface area contributed by atoms with Crippen molar-refractivity contribution in [1.82, 2.24) is 19.7 Å². The van der Waals surface area contributed by atoms with E-state index in [-0.39, 0.29) is 22.9 Å². The number of anilines is 1. The first kappa shape index (κ1) is 21.8. The highest BCUT2D eigenvalue weighted by Gasteiger charge is 2.25. The smallest absolute Gasteiger partial charge is 0.292 e. The third-order valence-corrected chi connectivity index (χ3v) is 7.78. The number of hydrogen-bond acceptors (Lipinski definition) is 7. The lowest BCUT2D eigenvalue weighted by molar-refractivity contribution is -0.130. The number of rotatable bonds is 5. The van der Waals surface area contributed by atoms with Crippen LogP contribution in [0, 0.1) is 0 Å². The van der Waals surface area contributed by atoms with Crippen molar-refractivity contribution < 1.29 is 4.79 Å². The summed E-state index contributed by atoms with van der Waals surface area (Å²) in [5.74, 6) is 0.0568. The number of halogens is 1. The van der Waals surface area contributed by atoms with E-state index in [9.17, 15) is 9.59 Å². The summed E-state index contributed by atoms with van der Waals surface area (Å²) in [6.07, 6.45) is 1.91. The van der Waals surface area contributed by atoms with Gasteiger partial charge in [0.1, 0.15) is 10.0 Å². The lowest BCUT2D eigenvalue weighted by Crippen LogP contribution is -2.49. The molecule has 0 radical (unpaired) electrons. The van der Waals surface area contributed by atoms with Gasteiger partial charge in [-0.05, 0) is 23.6 Å². The van der Waals surface area contributed by atoms with Crippen molar-refractivity contribution in [2.24, 2.45) is 0 Å². The molecule has 0 N–H and O–H groups in total. The van der Waals surface area contributed by atoms with Crippen LogP contribution >= 0.6 is 34.3 Å². The second kappa shape index (κ2) is 9.46. The van der Waals surface area contributed by atoms with E-state index in [1.807, 2.05) is 50.9 Å². The summed E-state index contributed by atoms with van der Waals surface area (Å²) in [6, 6.07) is 13.2. The Bertz CT molecular complexity index is 1310. The molecule has 4 heterocycles. The normalized spacial score (nSPS) is 14.0. The Morgan fingerprint density at radius 1 is 1.03 bits per heavy atom. The molecule has 7 nitrogen and oxygen atoms in total. The molecular formula is C23H20ClN5O2S2. The van der Waals surface area contributed by atoms with Gasteiger partial charge in [-0.25, -0.2) is 4.98 Å². The maximum atomic E-state index is 12.8. The molecule has 1 aliphatic heterocycles. The molecule has 1 fully saturated rings. The number of thiophene rings is 1. The zero-order chi connectivity index (χ0) is 22.8. The topological polar surface area (TPSA) is 71.3 Å². The average Bonchev–Trinajstić information content (AvgIpc) is 3.54. The first-order valence-corrected chi connectivity index (χ1v) is 12.6. The zero-order valence-electron chi connectivity index (χ0n) is 17.6. The summed E-state index contributed by atoms with van der Waals surface area (Å²) in [4.78, 5) is 35.2. The highest BCUT2D eigenvalue weighted by Crippen LogP contribution is 2.28. The van der Waals surface area contributed by atoms with E-state index < -0.39 is 0 Å². The van der Waals surface area contributed by atoms with Crippen molar-refractivity contribution in [3.8, 4) is 15.6 Å². The predicted molar refractivity (Wildman–Crippen MR) is 133 cm³/mol. The largest absolute Gasteiger partial charge is 0.365 e. The Kier molecular flexibility index (Phi) is 6.26. The number of para-hydroxylation sites is 1. The molecule has 0 bridgehead atoms. The molecule has 1 saturated heterocycles. The van der Waals surface area contributed by atoms with Gasteiger partial charge in [-0.2, -0.15) is 9.78 Å². The van der Waals surface area contributed by atoms with Crippen molar-refractivity contribution in [2.45, 2.75) is 6.42 Å². The fourth-order valence-electron chi connectivity index (χ4n) is 3.76. The summed E-state index contributed by atoms with van der Waals surface area (Å²) in [6.45, 7) is 2.27. The van der Waals surface area contributed by atoms with Crippen LogP contribution in [0.2, 0.25) is 5.02 Å². The van der Waals surface area contributed by atoms with E-state index in [0.29, 0.717) is 37.6 Å². The SMILES string of the molecule is O=C(Cc1csc(-c2cccs2)n1)N1CCN(c2cnn(-c3ccccc3)c(=O)c2Cl)CC1. The number of aromatic nitrogens is 3. The third-order valence-electron chi connectivity index (χ3n) is 5.49. The quantitative estimate of drug-likeness (QED) is 0.417. The molecule has 4 aromatic rings.